The van der Waals surface area contributed by atoms with Gasteiger partial charge in [-0.05, 0) is 110 Å². The fraction of sp³-hybridized carbons (Fsp3) is 1.00. The molecule has 1 nitrogen and oxygen atoms in total. The number of rotatable bonds is 3. The first-order valence-corrected chi connectivity index (χ1v) is 13.0. The van der Waals surface area contributed by atoms with Gasteiger partial charge >= 0.3 is 0 Å². The first kappa shape index (κ1) is 19.9. The van der Waals surface area contributed by atoms with Crippen molar-refractivity contribution in [2.75, 3.05) is 0 Å². The van der Waals surface area contributed by atoms with Gasteiger partial charge in [0.05, 0.1) is 12.2 Å². The predicted octanol–water partition coefficient (Wildman–Crippen LogP) is 7.49. The Morgan fingerprint density at radius 2 is 1.75 bits per heavy atom. The van der Waals surface area contributed by atoms with E-state index in [0.29, 0.717) is 23.0 Å². The topological polar surface area (TPSA) is 9.23 Å². The van der Waals surface area contributed by atoms with Crippen LogP contribution in [0.1, 0.15) is 105 Å². The summed E-state index contributed by atoms with van der Waals surface area (Å²) >= 11 is 0. The van der Waals surface area contributed by atoms with Crippen LogP contribution < -0.4 is 0 Å². The molecule has 0 N–H and O–H groups in total. The van der Waals surface area contributed by atoms with Crippen molar-refractivity contribution in [3.8, 4) is 0 Å². The van der Waals surface area contributed by atoms with Crippen LogP contribution in [0.25, 0.3) is 0 Å². The Labute approximate surface area is 174 Å². The molecule has 0 aromatic heterocycles. The van der Waals surface area contributed by atoms with E-state index in [2.05, 4.69) is 34.6 Å². The summed E-state index contributed by atoms with van der Waals surface area (Å²) in [5, 5.41) is 0. The average molecular weight is 387 g/mol. The fourth-order valence-corrected chi connectivity index (χ4v) is 9.81. The Morgan fingerprint density at radius 1 is 0.929 bits per heavy atom. The zero-order valence-electron chi connectivity index (χ0n) is 19.4. The minimum absolute atomic E-state index is 0.541. The summed E-state index contributed by atoms with van der Waals surface area (Å²) in [6, 6.07) is 0. The van der Waals surface area contributed by atoms with Crippen molar-refractivity contribution >= 4 is 0 Å². The molecule has 2 unspecified atom stereocenters. The molecule has 0 spiro atoms. The van der Waals surface area contributed by atoms with Gasteiger partial charge in [0.2, 0.25) is 0 Å². The molecule has 0 bridgehead atoms. The first-order chi connectivity index (χ1) is 13.3. The maximum absolute atomic E-state index is 6.82. The van der Waals surface area contributed by atoms with E-state index in [-0.39, 0.29) is 0 Å². The molecule has 0 radical (unpaired) electrons. The Morgan fingerprint density at radius 3 is 2.54 bits per heavy atom. The van der Waals surface area contributed by atoms with E-state index in [1.165, 1.54) is 70.6 Å². The Balaban J connectivity index is 1.35. The van der Waals surface area contributed by atoms with Gasteiger partial charge in [-0.15, -0.1) is 0 Å². The van der Waals surface area contributed by atoms with E-state index < -0.39 is 0 Å². The third-order valence-corrected chi connectivity index (χ3v) is 11.2. The van der Waals surface area contributed by atoms with Gasteiger partial charge in [-0.3, -0.25) is 0 Å². The normalized spacial score (nSPS) is 55.5. The number of ether oxygens (including phenoxy) is 1. The van der Waals surface area contributed by atoms with E-state index >= 15 is 0 Å². The molecule has 4 aliphatic carbocycles. The van der Waals surface area contributed by atoms with Crippen molar-refractivity contribution in [3.63, 3.8) is 0 Å². The summed E-state index contributed by atoms with van der Waals surface area (Å²) in [5.74, 6) is 6.45. The number of hydrogen-bond acceptors (Lipinski definition) is 1. The molecule has 1 heterocycles. The minimum Gasteiger partial charge on any atom is -0.374 e. The van der Waals surface area contributed by atoms with Gasteiger partial charge in [-0.1, -0.05) is 47.5 Å². The van der Waals surface area contributed by atoms with Crippen molar-refractivity contribution in [2.24, 2.45) is 52.3 Å². The van der Waals surface area contributed by atoms with Gasteiger partial charge in [0, 0.05) is 0 Å². The van der Waals surface area contributed by atoms with Gasteiger partial charge in [0.1, 0.15) is 0 Å². The monoisotopic (exact) mass is 386 g/mol. The second-order valence-electron chi connectivity index (χ2n) is 12.8. The second kappa shape index (κ2) is 7.00. The summed E-state index contributed by atoms with van der Waals surface area (Å²) in [6.07, 6.45) is 17.3. The van der Waals surface area contributed by atoms with Crippen LogP contribution in [0.3, 0.4) is 0 Å². The van der Waals surface area contributed by atoms with Crippen molar-refractivity contribution in [2.45, 2.75) is 117 Å². The van der Waals surface area contributed by atoms with Crippen LogP contribution in [-0.4, -0.2) is 12.2 Å². The molecule has 0 amide bonds. The highest BCUT2D eigenvalue weighted by Crippen LogP contribution is 2.70. The maximum atomic E-state index is 6.82. The summed E-state index contributed by atoms with van der Waals surface area (Å²) in [5.41, 5.74) is 1.24. The molecule has 10 atom stereocenters. The number of fused-ring (bicyclic) bond motifs is 7. The fourth-order valence-electron chi connectivity index (χ4n) is 9.81. The molecular formula is C27H46O. The second-order valence-corrected chi connectivity index (χ2v) is 12.8. The lowest BCUT2D eigenvalue weighted by molar-refractivity contribution is -0.115. The van der Waals surface area contributed by atoms with E-state index in [0.717, 1.165) is 41.4 Å². The Kier molecular flexibility index (Phi) is 4.97. The van der Waals surface area contributed by atoms with Crippen LogP contribution in [0.15, 0.2) is 0 Å². The molecule has 4 saturated carbocycles. The van der Waals surface area contributed by atoms with Crippen LogP contribution in [0.4, 0.5) is 0 Å². The third kappa shape index (κ3) is 2.80. The van der Waals surface area contributed by atoms with Gasteiger partial charge in [0.15, 0.2) is 0 Å². The molecule has 28 heavy (non-hydrogen) atoms. The third-order valence-electron chi connectivity index (χ3n) is 11.2. The van der Waals surface area contributed by atoms with Crippen LogP contribution in [0.2, 0.25) is 0 Å². The molecular weight excluding hydrogens is 340 g/mol. The molecule has 1 heteroatoms. The molecule has 0 aromatic rings. The molecule has 5 fully saturated rings. The quantitative estimate of drug-likeness (QED) is 0.488. The highest BCUT2D eigenvalue weighted by atomic mass is 16.5. The van der Waals surface area contributed by atoms with Gasteiger partial charge in [0.25, 0.3) is 0 Å². The van der Waals surface area contributed by atoms with Gasteiger partial charge < -0.3 is 4.74 Å². The summed E-state index contributed by atoms with van der Waals surface area (Å²) in [7, 11) is 0. The van der Waals surface area contributed by atoms with Crippen molar-refractivity contribution in [1.29, 1.82) is 0 Å². The summed E-state index contributed by atoms with van der Waals surface area (Å²) in [6.45, 7) is 12.7. The standard InChI is InChI=1S/C27H46O/c1-17(2)9-12-23-18(3)25-24(28-23)16-22-20-11-10-19-8-6-7-14-26(19,4)21(20)13-15-27(22,25)5/h17-25H,6-16H2,1-5H3/t18-,19+,20-,21+,22+,23?,24+,25?,26+,27+/m1/s1. The highest BCUT2D eigenvalue weighted by Gasteiger charge is 2.65. The highest BCUT2D eigenvalue weighted by molar-refractivity contribution is 5.13. The molecule has 5 rings (SSSR count). The van der Waals surface area contributed by atoms with Crippen molar-refractivity contribution in [3.05, 3.63) is 0 Å². The lowest BCUT2D eigenvalue weighted by atomic mass is 9.44. The molecule has 5 aliphatic rings. The molecule has 1 aliphatic heterocycles. The lowest BCUT2D eigenvalue weighted by Crippen LogP contribution is -2.53. The largest absolute Gasteiger partial charge is 0.374 e. The maximum Gasteiger partial charge on any atom is 0.0618 e. The summed E-state index contributed by atoms with van der Waals surface area (Å²) < 4.78 is 6.82. The average Bonchev–Trinajstić information content (AvgIpc) is 3.13. The molecule has 0 aromatic carbocycles. The lowest BCUT2D eigenvalue weighted by Gasteiger charge is -2.60. The minimum atomic E-state index is 0.541. The summed E-state index contributed by atoms with van der Waals surface area (Å²) in [4.78, 5) is 0. The molecule has 160 valence electrons. The van der Waals surface area contributed by atoms with Gasteiger partial charge in [-0.2, -0.15) is 0 Å². The van der Waals surface area contributed by atoms with E-state index in [1.54, 1.807) is 0 Å². The van der Waals surface area contributed by atoms with Gasteiger partial charge in [-0.25, -0.2) is 0 Å². The molecule has 1 saturated heterocycles. The van der Waals surface area contributed by atoms with E-state index in [1.807, 2.05) is 0 Å². The van der Waals surface area contributed by atoms with Crippen LogP contribution in [0.5, 0.6) is 0 Å². The Bertz CT molecular complexity index is 583. The number of hydrogen-bond donors (Lipinski definition) is 0. The van der Waals surface area contributed by atoms with Crippen LogP contribution in [-0.2, 0) is 4.74 Å². The zero-order chi connectivity index (χ0) is 19.7. The Hall–Kier alpha value is -0.0400. The van der Waals surface area contributed by atoms with Crippen LogP contribution >= 0.6 is 0 Å². The smallest absolute Gasteiger partial charge is 0.0618 e. The zero-order valence-corrected chi connectivity index (χ0v) is 19.4. The van der Waals surface area contributed by atoms with E-state index in [4.69, 9.17) is 4.74 Å². The van der Waals surface area contributed by atoms with Crippen molar-refractivity contribution < 1.29 is 4.74 Å². The van der Waals surface area contributed by atoms with Crippen LogP contribution in [0, 0.1) is 52.3 Å². The predicted molar refractivity (Wildman–Crippen MR) is 117 cm³/mol. The first-order valence-electron chi connectivity index (χ1n) is 13.0. The van der Waals surface area contributed by atoms with E-state index in [9.17, 15) is 0 Å². The SMILES string of the molecule is CC(C)CCC1O[C@H]2C[C@H]3[C@@H]4CC[C@@H]5CCCC[C@]5(C)[C@H]4CC[C@]3(C)C2[C@@H]1C. The van der Waals surface area contributed by atoms with Crippen molar-refractivity contribution in [1.82, 2.24) is 0 Å².